The van der Waals surface area contributed by atoms with Crippen molar-refractivity contribution >= 4 is 17.9 Å². The maximum Gasteiger partial charge on any atom is 0.306 e. The number of esters is 3. The summed E-state index contributed by atoms with van der Waals surface area (Å²) in [7, 11) is 0. The van der Waals surface area contributed by atoms with E-state index < -0.39 is 6.10 Å². The Hall–Kier alpha value is -1.59. The van der Waals surface area contributed by atoms with E-state index in [0.29, 0.717) is 19.3 Å². The van der Waals surface area contributed by atoms with Crippen LogP contribution in [0.15, 0.2) is 0 Å². The molecule has 0 rings (SSSR count). The fraction of sp³-hybridized carbons (Fsp3) is 0.952. The molecule has 0 radical (unpaired) electrons. The third kappa shape index (κ3) is 57.2. The Morgan fingerprint density at radius 3 is 0.710 bits per heavy atom. The van der Waals surface area contributed by atoms with Crippen molar-refractivity contribution in [1.29, 1.82) is 0 Å². The smallest absolute Gasteiger partial charge is 0.306 e. The van der Waals surface area contributed by atoms with Gasteiger partial charge in [0, 0.05) is 19.3 Å². The normalized spacial score (nSPS) is 12.0. The molecule has 0 amide bonds. The number of carbonyl (C=O) groups excluding carboxylic acids is 3. The average Bonchev–Trinajstić information content (AvgIpc) is 3.32. The summed E-state index contributed by atoms with van der Waals surface area (Å²) < 4.78 is 16.9. The Labute approximate surface area is 431 Å². The molecule has 0 aliphatic carbocycles. The van der Waals surface area contributed by atoms with E-state index in [2.05, 4.69) is 34.6 Å². The lowest BCUT2D eigenvalue weighted by atomic mass is 10.0. The van der Waals surface area contributed by atoms with Gasteiger partial charge in [-0.1, -0.05) is 317 Å². The van der Waals surface area contributed by atoms with Crippen molar-refractivity contribution < 1.29 is 28.6 Å². The highest BCUT2D eigenvalue weighted by atomic mass is 16.6. The monoisotopic (exact) mass is 975 g/mol. The summed E-state index contributed by atoms with van der Waals surface area (Å²) in [5.74, 6) is 0.859. The van der Waals surface area contributed by atoms with Crippen LogP contribution in [0.5, 0.6) is 0 Å². The second kappa shape index (κ2) is 55.7. The van der Waals surface area contributed by atoms with Crippen molar-refractivity contribution in [3.05, 3.63) is 0 Å². The molecule has 6 nitrogen and oxygen atoms in total. The first-order chi connectivity index (χ1) is 33.7. The maximum atomic E-state index is 12.9. The summed E-state index contributed by atoms with van der Waals surface area (Å²) in [4.78, 5) is 38.3. The third-order valence-corrected chi connectivity index (χ3v) is 14.5. The van der Waals surface area contributed by atoms with Gasteiger partial charge in [-0.2, -0.15) is 0 Å². The SMILES string of the molecule is CCCCCCCCCCCCCCCCCCC(=O)OC[C@@H](COC(=O)CCCCCCCCCCCCCCCC(C)C)OC(=O)CCCCCCCCCCCCCCCCCCC(C)C. The summed E-state index contributed by atoms with van der Waals surface area (Å²) in [6.45, 7) is 11.4. The lowest BCUT2D eigenvalue weighted by molar-refractivity contribution is -0.167. The molecule has 6 heteroatoms. The molecule has 0 aliphatic heterocycles. The minimum absolute atomic E-state index is 0.0619. The van der Waals surface area contributed by atoms with Gasteiger partial charge >= 0.3 is 17.9 Å². The Morgan fingerprint density at radius 2 is 0.478 bits per heavy atom. The molecule has 0 aromatic carbocycles. The fourth-order valence-corrected chi connectivity index (χ4v) is 9.76. The lowest BCUT2D eigenvalue weighted by Gasteiger charge is -2.18. The number of hydrogen-bond donors (Lipinski definition) is 0. The van der Waals surface area contributed by atoms with Crippen molar-refractivity contribution in [1.82, 2.24) is 0 Å². The molecule has 0 N–H and O–H groups in total. The van der Waals surface area contributed by atoms with Gasteiger partial charge in [-0.25, -0.2) is 0 Å². The maximum absolute atomic E-state index is 12.9. The number of unbranched alkanes of at least 4 members (excludes halogenated alkanes) is 42. The minimum Gasteiger partial charge on any atom is -0.462 e. The van der Waals surface area contributed by atoms with Crippen LogP contribution in [0.3, 0.4) is 0 Å². The van der Waals surface area contributed by atoms with Crippen LogP contribution in [-0.2, 0) is 28.6 Å². The topological polar surface area (TPSA) is 78.9 Å². The van der Waals surface area contributed by atoms with E-state index in [1.54, 1.807) is 0 Å². The van der Waals surface area contributed by atoms with E-state index in [9.17, 15) is 14.4 Å². The molecule has 0 aromatic heterocycles. The highest BCUT2D eigenvalue weighted by molar-refractivity contribution is 5.71. The zero-order chi connectivity index (χ0) is 50.4. The Kier molecular flexibility index (Phi) is 54.4. The summed E-state index contributed by atoms with van der Waals surface area (Å²) in [6.07, 6.45) is 61.0. The van der Waals surface area contributed by atoms with Crippen molar-refractivity contribution in [2.75, 3.05) is 13.2 Å². The van der Waals surface area contributed by atoms with E-state index in [4.69, 9.17) is 14.2 Å². The van der Waals surface area contributed by atoms with Crippen molar-refractivity contribution in [3.8, 4) is 0 Å². The fourth-order valence-electron chi connectivity index (χ4n) is 9.76. The molecular weight excluding hydrogens is 853 g/mol. The first-order valence-electron chi connectivity index (χ1n) is 31.2. The second-order valence-electron chi connectivity index (χ2n) is 22.6. The Morgan fingerprint density at radius 1 is 0.275 bits per heavy atom. The van der Waals surface area contributed by atoms with E-state index in [0.717, 1.165) is 69.6 Å². The van der Waals surface area contributed by atoms with E-state index in [-0.39, 0.29) is 31.1 Å². The zero-order valence-corrected chi connectivity index (χ0v) is 47.5. The van der Waals surface area contributed by atoms with Gasteiger partial charge in [0.15, 0.2) is 6.10 Å². The number of ether oxygens (including phenoxy) is 3. The first-order valence-corrected chi connectivity index (χ1v) is 31.2. The van der Waals surface area contributed by atoms with E-state index in [1.807, 2.05) is 0 Å². The van der Waals surface area contributed by atoms with E-state index >= 15 is 0 Å². The molecule has 0 aromatic rings. The van der Waals surface area contributed by atoms with Gasteiger partial charge < -0.3 is 14.2 Å². The predicted octanol–water partition coefficient (Wildman–Crippen LogP) is 20.8. The van der Waals surface area contributed by atoms with Crippen LogP contribution in [0.25, 0.3) is 0 Å². The highest BCUT2D eigenvalue weighted by Gasteiger charge is 2.19. The highest BCUT2D eigenvalue weighted by Crippen LogP contribution is 2.19. The van der Waals surface area contributed by atoms with Crippen molar-refractivity contribution in [2.24, 2.45) is 11.8 Å². The third-order valence-electron chi connectivity index (χ3n) is 14.5. The average molecular weight is 976 g/mol. The molecule has 0 saturated carbocycles. The Bertz CT molecular complexity index is 1060. The number of rotatable bonds is 57. The number of carbonyl (C=O) groups is 3. The van der Waals surface area contributed by atoms with Crippen LogP contribution in [0.1, 0.15) is 356 Å². The van der Waals surface area contributed by atoms with Crippen LogP contribution in [0.4, 0.5) is 0 Å². The largest absolute Gasteiger partial charge is 0.462 e. The van der Waals surface area contributed by atoms with E-state index in [1.165, 1.54) is 244 Å². The second-order valence-corrected chi connectivity index (χ2v) is 22.6. The molecule has 0 heterocycles. The van der Waals surface area contributed by atoms with Crippen LogP contribution in [0, 0.1) is 11.8 Å². The van der Waals surface area contributed by atoms with Crippen LogP contribution in [0.2, 0.25) is 0 Å². The van der Waals surface area contributed by atoms with Gasteiger partial charge in [-0.15, -0.1) is 0 Å². The van der Waals surface area contributed by atoms with Crippen LogP contribution >= 0.6 is 0 Å². The molecule has 1 atom stereocenters. The molecule has 410 valence electrons. The molecule has 0 unspecified atom stereocenters. The predicted molar refractivity (Wildman–Crippen MR) is 298 cm³/mol. The van der Waals surface area contributed by atoms with Gasteiger partial charge in [0.1, 0.15) is 13.2 Å². The van der Waals surface area contributed by atoms with Crippen LogP contribution < -0.4 is 0 Å². The van der Waals surface area contributed by atoms with Gasteiger partial charge in [0.25, 0.3) is 0 Å². The van der Waals surface area contributed by atoms with Crippen molar-refractivity contribution in [2.45, 2.75) is 362 Å². The van der Waals surface area contributed by atoms with Gasteiger partial charge in [0.05, 0.1) is 0 Å². The van der Waals surface area contributed by atoms with Crippen LogP contribution in [-0.4, -0.2) is 37.2 Å². The lowest BCUT2D eigenvalue weighted by Crippen LogP contribution is -2.30. The minimum atomic E-state index is -0.763. The van der Waals surface area contributed by atoms with Gasteiger partial charge in [-0.3, -0.25) is 14.4 Å². The Balaban J connectivity index is 4.29. The molecule has 0 saturated heterocycles. The zero-order valence-electron chi connectivity index (χ0n) is 47.5. The molecule has 0 aliphatic rings. The van der Waals surface area contributed by atoms with Gasteiger partial charge in [-0.05, 0) is 31.1 Å². The molecular formula is C63H122O6. The summed E-state index contributed by atoms with van der Waals surface area (Å²) in [5, 5.41) is 0. The number of hydrogen-bond acceptors (Lipinski definition) is 6. The molecule has 0 spiro atoms. The first kappa shape index (κ1) is 67.4. The molecule has 0 fully saturated rings. The summed E-state index contributed by atoms with van der Waals surface area (Å²) in [6, 6.07) is 0. The van der Waals surface area contributed by atoms with Gasteiger partial charge in [0.2, 0.25) is 0 Å². The van der Waals surface area contributed by atoms with Crippen molar-refractivity contribution in [3.63, 3.8) is 0 Å². The standard InChI is InChI=1S/C63H122O6/c1-6-7-8-9-10-11-12-13-14-18-23-28-33-38-43-48-53-61(64)67-56-60(57-68-62(65)54-49-44-39-34-29-25-20-22-27-32-37-42-47-52-59(4)5)69-63(66)55-50-45-40-35-30-24-19-16-15-17-21-26-31-36-41-46-51-58(2)3/h58-60H,6-57H2,1-5H3/t60-/m0/s1. The summed E-state index contributed by atoms with van der Waals surface area (Å²) in [5.41, 5.74) is 0. The molecule has 0 bridgehead atoms. The quantitative estimate of drug-likeness (QED) is 0.0343. The summed E-state index contributed by atoms with van der Waals surface area (Å²) >= 11 is 0. The molecule has 69 heavy (non-hydrogen) atoms.